The summed E-state index contributed by atoms with van der Waals surface area (Å²) in [6.45, 7) is 5.51. The third-order valence-corrected chi connectivity index (χ3v) is 3.87. The molecule has 0 bridgehead atoms. The van der Waals surface area contributed by atoms with Crippen LogP contribution in [0.1, 0.15) is 13.3 Å². The molecule has 1 aromatic rings. The van der Waals surface area contributed by atoms with Gasteiger partial charge in [0, 0.05) is 38.1 Å². The third-order valence-electron chi connectivity index (χ3n) is 3.87. The average Bonchev–Trinajstić information content (AvgIpc) is 2.98. The van der Waals surface area contributed by atoms with Crippen LogP contribution in [0, 0.1) is 11.8 Å². The summed E-state index contributed by atoms with van der Waals surface area (Å²) in [4.78, 5) is 10.9. The van der Waals surface area contributed by atoms with Crippen LogP contribution in [0.4, 0.5) is 5.95 Å². The molecule has 92 valence electrons. The fourth-order valence-electron chi connectivity index (χ4n) is 2.91. The van der Waals surface area contributed by atoms with Crippen LogP contribution in [0.3, 0.4) is 0 Å². The quantitative estimate of drug-likeness (QED) is 0.775. The van der Waals surface area contributed by atoms with Crippen molar-refractivity contribution >= 4 is 5.95 Å². The molecule has 2 N–H and O–H groups in total. The summed E-state index contributed by atoms with van der Waals surface area (Å²) in [5.41, 5.74) is 6.66. The molecule has 5 nitrogen and oxygen atoms in total. The maximum atomic E-state index is 4.32. The van der Waals surface area contributed by atoms with Gasteiger partial charge in [0.05, 0.1) is 0 Å². The van der Waals surface area contributed by atoms with E-state index < -0.39 is 0 Å². The first-order chi connectivity index (χ1) is 8.34. The van der Waals surface area contributed by atoms with Crippen molar-refractivity contribution in [1.82, 2.24) is 20.8 Å². The van der Waals surface area contributed by atoms with Gasteiger partial charge in [-0.05, 0) is 24.3 Å². The van der Waals surface area contributed by atoms with Crippen LogP contribution in [0.25, 0.3) is 0 Å². The predicted octanol–water partition coefficient (Wildman–Crippen LogP) is 0.415. The molecule has 17 heavy (non-hydrogen) atoms. The van der Waals surface area contributed by atoms with E-state index in [1.54, 1.807) is 0 Å². The first kappa shape index (κ1) is 10.9. The molecule has 2 fully saturated rings. The largest absolute Gasteiger partial charge is 0.340 e. The molecule has 2 aliphatic rings. The summed E-state index contributed by atoms with van der Waals surface area (Å²) in [6.07, 6.45) is 4.85. The Morgan fingerprint density at radius 3 is 2.88 bits per heavy atom. The molecule has 2 aliphatic heterocycles. The molecule has 2 saturated heterocycles. The minimum atomic E-state index is 0.587. The second-order valence-electron chi connectivity index (χ2n) is 5.07. The van der Waals surface area contributed by atoms with Gasteiger partial charge in [0.25, 0.3) is 0 Å². The van der Waals surface area contributed by atoms with Crippen LogP contribution in [0.5, 0.6) is 0 Å². The molecule has 3 heterocycles. The summed E-state index contributed by atoms with van der Waals surface area (Å²) in [5, 5.41) is 0. The molecule has 0 aliphatic carbocycles. The SMILES string of the molecule is CC1CNNC1C1CCN(c2ncccn2)C1. The van der Waals surface area contributed by atoms with Crippen LogP contribution in [0.2, 0.25) is 0 Å². The highest BCUT2D eigenvalue weighted by atomic mass is 15.4. The third kappa shape index (κ3) is 2.12. The lowest BCUT2D eigenvalue weighted by Crippen LogP contribution is -2.39. The lowest BCUT2D eigenvalue weighted by Gasteiger charge is -2.22. The Bertz CT molecular complexity index is 368. The van der Waals surface area contributed by atoms with Crippen molar-refractivity contribution < 1.29 is 0 Å². The lowest BCUT2D eigenvalue weighted by molar-refractivity contribution is 0.352. The highest BCUT2D eigenvalue weighted by molar-refractivity contribution is 5.30. The van der Waals surface area contributed by atoms with Crippen LogP contribution >= 0.6 is 0 Å². The molecule has 3 atom stereocenters. The zero-order chi connectivity index (χ0) is 11.7. The Kier molecular flexibility index (Phi) is 2.94. The molecule has 0 spiro atoms. The zero-order valence-corrected chi connectivity index (χ0v) is 10.1. The van der Waals surface area contributed by atoms with E-state index in [-0.39, 0.29) is 0 Å². The van der Waals surface area contributed by atoms with Gasteiger partial charge in [-0.2, -0.15) is 0 Å². The Morgan fingerprint density at radius 2 is 2.18 bits per heavy atom. The molecule has 0 amide bonds. The van der Waals surface area contributed by atoms with Crippen LogP contribution in [0.15, 0.2) is 18.5 Å². The zero-order valence-electron chi connectivity index (χ0n) is 10.1. The molecule has 5 heteroatoms. The van der Waals surface area contributed by atoms with E-state index in [2.05, 4.69) is 32.6 Å². The fourth-order valence-corrected chi connectivity index (χ4v) is 2.91. The summed E-state index contributed by atoms with van der Waals surface area (Å²) < 4.78 is 0. The topological polar surface area (TPSA) is 53.1 Å². The highest BCUT2D eigenvalue weighted by Gasteiger charge is 2.35. The number of hydrogen-bond donors (Lipinski definition) is 2. The maximum Gasteiger partial charge on any atom is 0.225 e. The van der Waals surface area contributed by atoms with Crippen LogP contribution in [-0.4, -0.2) is 35.6 Å². The molecule has 3 rings (SSSR count). The number of hydrogen-bond acceptors (Lipinski definition) is 5. The van der Waals surface area contributed by atoms with Gasteiger partial charge < -0.3 is 4.90 Å². The molecule has 1 aromatic heterocycles. The van der Waals surface area contributed by atoms with Gasteiger partial charge in [0.2, 0.25) is 5.95 Å². The van der Waals surface area contributed by atoms with E-state index in [4.69, 9.17) is 0 Å². The number of rotatable bonds is 2. The smallest absolute Gasteiger partial charge is 0.225 e. The molecular formula is C12H19N5. The van der Waals surface area contributed by atoms with E-state index in [9.17, 15) is 0 Å². The van der Waals surface area contributed by atoms with Crippen molar-refractivity contribution in [1.29, 1.82) is 0 Å². The van der Waals surface area contributed by atoms with Crippen LogP contribution < -0.4 is 15.8 Å². The van der Waals surface area contributed by atoms with Crippen molar-refractivity contribution in [2.75, 3.05) is 24.5 Å². The van der Waals surface area contributed by atoms with E-state index >= 15 is 0 Å². The number of anilines is 1. The normalized spacial score (nSPS) is 33.2. The second-order valence-corrected chi connectivity index (χ2v) is 5.07. The number of nitrogens with one attached hydrogen (secondary N) is 2. The monoisotopic (exact) mass is 233 g/mol. The Labute approximate surface area is 102 Å². The Hall–Kier alpha value is -1.20. The Balaban J connectivity index is 1.66. The first-order valence-electron chi connectivity index (χ1n) is 6.35. The second kappa shape index (κ2) is 4.58. The molecule has 0 aromatic carbocycles. The minimum absolute atomic E-state index is 0.587. The van der Waals surface area contributed by atoms with E-state index in [0.717, 1.165) is 25.6 Å². The van der Waals surface area contributed by atoms with Gasteiger partial charge in [-0.1, -0.05) is 6.92 Å². The molecule has 0 saturated carbocycles. The highest BCUT2D eigenvalue weighted by Crippen LogP contribution is 2.27. The van der Waals surface area contributed by atoms with Crippen molar-refractivity contribution in [2.45, 2.75) is 19.4 Å². The van der Waals surface area contributed by atoms with Gasteiger partial charge >= 0.3 is 0 Å². The van der Waals surface area contributed by atoms with E-state index in [1.165, 1.54) is 6.42 Å². The maximum absolute atomic E-state index is 4.32. The van der Waals surface area contributed by atoms with Crippen molar-refractivity contribution in [2.24, 2.45) is 11.8 Å². The summed E-state index contributed by atoms with van der Waals surface area (Å²) in [5.74, 6) is 2.27. The number of aromatic nitrogens is 2. The van der Waals surface area contributed by atoms with Gasteiger partial charge in [0.1, 0.15) is 0 Å². The minimum Gasteiger partial charge on any atom is -0.340 e. The average molecular weight is 233 g/mol. The number of hydrazine groups is 1. The standard InChI is InChI=1S/C12H19N5/c1-9-7-15-16-11(9)10-3-6-17(8-10)12-13-4-2-5-14-12/h2,4-5,9-11,15-16H,3,6-8H2,1H3. The summed E-state index contributed by atoms with van der Waals surface area (Å²) in [6, 6.07) is 2.45. The number of nitrogens with zero attached hydrogens (tertiary/aromatic N) is 3. The van der Waals surface area contributed by atoms with Gasteiger partial charge in [-0.15, -0.1) is 0 Å². The summed E-state index contributed by atoms with van der Waals surface area (Å²) in [7, 11) is 0. The van der Waals surface area contributed by atoms with Crippen LogP contribution in [-0.2, 0) is 0 Å². The van der Waals surface area contributed by atoms with Crippen molar-refractivity contribution in [3.63, 3.8) is 0 Å². The van der Waals surface area contributed by atoms with E-state index in [1.807, 2.05) is 18.5 Å². The van der Waals surface area contributed by atoms with Gasteiger partial charge in [-0.25, -0.2) is 9.97 Å². The Morgan fingerprint density at radius 1 is 1.35 bits per heavy atom. The van der Waals surface area contributed by atoms with E-state index in [0.29, 0.717) is 17.9 Å². The van der Waals surface area contributed by atoms with Gasteiger partial charge in [-0.3, -0.25) is 10.9 Å². The van der Waals surface area contributed by atoms with Gasteiger partial charge in [0.15, 0.2) is 0 Å². The lowest BCUT2D eigenvalue weighted by atomic mass is 9.90. The molecule has 3 unspecified atom stereocenters. The van der Waals surface area contributed by atoms with Crippen molar-refractivity contribution in [3.05, 3.63) is 18.5 Å². The first-order valence-corrected chi connectivity index (χ1v) is 6.35. The molecular weight excluding hydrogens is 214 g/mol. The van der Waals surface area contributed by atoms with Crippen molar-refractivity contribution in [3.8, 4) is 0 Å². The summed E-state index contributed by atoms with van der Waals surface area (Å²) >= 11 is 0. The fraction of sp³-hybridized carbons (Fsp3) is 0.667. The molecule has 0 radical (unpaired) electrons. The predicted molar refractivity (Wildman–Crippen MR) is 66.4 cm³/mol.